The highest BCUT2D eigenvalue weighted by molar-refractivity contribution is 6.36. The Morgan fingerprint density at radius 3 is 2.27 bits per heavy atom. The molecule has 1 atom stereocenters. The van der Waals surface area contributed by atoms with Crippen LogP contribution in [-0.4, -0.2) is 34.9 Å². The van der Waals surface area contributed by atoms with Crippen LogP contribution in [0.4, 0.5) is 4.39 Å². The van der Waals surface area contributed by atoms with Crippen molar-refractivity contribution in [2.75, 3.05) is 6.61 Å². The van der Waals surface area contributed by atoms with Crippen LogP contribution in [0, 0.1) is 5.82 Å². The van der Waals surface area contributed by atoms with Crippen LogP contribution >= 0.6 is 23.2 Å². The molecule has 0 spiro atoms. The van der Waals surface area contributed by atoms with Gasteiger partial charge in [-0.2, -0.15) is 0 Å². The first-order valence-corrected chi connectivity index (χ1v) is 10.2. The number of hydrogen-bond acceptors (Lipinski definition) is 3. The fourth-order valence-corrected chi connectivity index (χ4v) is 3.21. The van der Waals surface area contributed by atoms with Gasteiger partial charge in [0.05, 0.1) is 0 Å². The fraction of sp³-hybridized carbons (Fsp3) is 0.364. The zero-order valence-corrected chi connectivity index (χ0v) is 18.9. The highest BCUT2D eigenvalue weighted by atomic mass is 35.5. The van der Waals surface area contributed by atoms with Gasteiger partial charge in [0.25, 0.3) is 5.91 Å². The third-order valence-corrected chi connectivity index (χ3v) is 4.95. The summed E-state index contributed by atoms with van der Waals surface area (Å²) >= 11 is 12.5. The van der Waals surface area contributed by atoms with Crippen LogP contribution in [0.15, 0.2) is 42.5 Å². The minimum atomic E-state index is -0.840. The van der Waals surface area contributed by atoms with E-state index >= 15 is 0 Å². The molecule has 2 amide bonds. The Bertz CT molecular complexity index is 895. The van der Waals surface area contributed by atoms with Crippen LogP contribution in [0.3, 0.4) is 0 Å². The fourth-order valence-electron chi connectivity index (χ4n) is 2.69. The van der Waals surface area contributed by atoms with E-state index in [1.54, 1.807) is 31.2 Å². The van der Waals surface area contributed by atoms with E-state index in [2.05, 4.69) is 5.32 Å². The second-order valence-corrected chi connectivity index (χ2v) is 8.67. The van der Waals surface area contributed by atoms with E-state index in [1.807, 2.05) is 20.8 Å². The van der Waals surface area contributed by atoms with E-state index in [4.69, 9.17) is 27.9 Å². The van der Waals surface area contributed by atoms with E-state index in [0.717, 1.165) is 0 Å². The normalized spacial score (nSPS) is 12.2. The first-order valence-electron chi connectivity index (χ1n) is 9.41. The molecule has 0 aliphatic heterocycles. The third-order valence-electron chi connectivity index (χ3n) is 4.24. The number of rotatable bonds is 7. The van der Waals surface area contributed by atoms with Crippen molar-refractivity contribution in [2.24, 2.45) is 0 Å². The summed E-state index contributed by atoms with van der Waals surface area (Å²) in [7, 11) is 0. The van der Waals surface area contributed by atoms with E-state index in [-0.39, 0.29) is 18.2 Å². The number of carbonyl (C=O) groups is 2. The molecule has 30 heavy (non-hydrogen) atoms. The van der Waals surface area contributed by atoms with Gasteiger partial charge in [-0.3, -0.25) is 9.59 Å². The van der Waals surface area contributed by atoms with Crippen molar-refractivity contribution >= 4 is 35.0 Å². The Labute approximate surface area is 186 Å². The highest BCUT2D eigenvalue weighted by Gasteiger charge is 2.29. The molecule has 2 rings (SSSR count). The maximum Gasteiger partial charge on any atom is 0.261 e. The van der Waals surface area contributed by atoms with Crippen LogP contribution in [0.25, 0.3) is 0 Å². The van der Waals surface area contributed by atoms with Crippen molar-refractivity contribution < 1.29 is 18.7 Å². The molecule has 0 aliphatic rings. The average Bonchev–Trinajstić information content (AvgIpc) is 2.65. The van der Waals surface area contributed by atoms with Gasteiger partial charge in [0.1, 0.15) is 6.04 Å². The second kappa shape index (κ2) is 10.1. The first-order chi connectivity index (χ1) is 14.0. The largest absolute Gasteiger partial charge is 0.481 e. The number of nitrogens with one attached hydrogen (secondary N) is 1. The van der Waals surface area contributed by atoms with E-state index < -0.39 is 29.9 Å². The summed E-state index contributed by atoms with van der Waals surface area (Å²) in [4.78, 5) is 27.0. The maximum atomic E-state index is 13.8. The Balaban J connectivity index is 2.26. The monoisotopic (exact) mass is 454 g/mol. The minimum absolute atomic E-state index is 0.00327. The molecule has 0 aliphatic carbocycles. The molecule has 8 heteroatoms. The van der Waals surface area contributed by atoms with Crippen molar-refractivity contribution in [1.82, 2.24) is 10.2 Å². The Hall–Kier alpha value is -2.31. The first kappa shape index (κ1) is 24.0. The predicted octanol–water partition coefficient (Wildman–Crippen LogP) is 4.84. The van der Waals surface area contributed by atoms with Gasteiger partial charge in [0.15, 0.2) is 18.2 Å². The second-order valence-electron chi connectivity index (χ2n) is 7.86. The van der Waals surface area contributed by atoms with Gasteiger partial charge in [-0.1, -0.05) is 41.4 Å². The SMILES string of the molecule is C[C@H](C(=O)NC(C)(C)C)N(Cc1c(Cl)cccc1Cl)C(=O)COc1ccccc1F. The highest BCUT2D eigenvalue weighted by Crippen LogP contribution is 2.27. The molecule has 0 radical (unpaired) electrons. The molecule has 0 aromatic heterocycles. The Morgan fingerprint density at radius 2 is 1.70 bits per heavy atom. The Morgan fingerprint density at radius 1 is 1.10 bits per heavy atom. The number of para-hydroxylation sites is 1. The van der Waals surface area contributed by atoms with Crippen LogP contribution < -0.4 is 10.1 Å². The molecule has 1 N–H and O–H groups in total. The summed E-state index contributed by atoms with van der Waals surface area (Å²) in [5, 5.41) is 3.60. The number of carbonyl (C=O) groups excluding carboxylic acids is 2. The van der Waals surface area contributed by atoms with Gasteiger partial charge in [-0.25, -0.2) is 4.39 Å². The van der Waals surface area contributed by atoms with E-state index in [0.29, 0.717) is 15.6 Å². The summed E-state index contributed by atoms with van der Waals surface area (Å²) in [6.45, 7) is 6.68. The lowest BCUT2D eigenvalue weighted by molar-refractivity contribution is -0.142. The number of hydrogen-bond donors (Lipinski definition) is 1. The number of ether oxygens (including phenoxy) is 1. The molecule has 0 saturated heterocycles. The van der Waals surface area contributed by atoms with E-state index in [9.17, 15) is 14.0 Å². The number of benzene rings is 2. The van der Waals surface area contributed by atoms with Crippen LogP contribution in [0.2, 0.25) is 10.0 Å². The lowest BCUT2D eigenvalue weighted by Crippen LogP contribution is -2.53. The summed E-state index contributed by atoms with van der Waals surface area (Å²) in [6, 6.07) is 9.94. The molecule has 162 valence electrons. The minimum Gasteiger partial charge on any atom is -0.481 e. The molecule has 0 bridgehead atoms. The molecule has 0 unspecified atom stereocenters. The van der Waals surface area contributed by atoms with Crippen LogP contribution in [-0.2, 0) is 16.1 Å². The smallest absolute Gasteiger partial charge is 0.261 e. The molecule has 2 aromatic rings. The Kier molecular flexibility index (Phi) is 8.10. The lowest BCUT2D eigenvalue weighted by atomic mass is 10.1. The summed E-state index contributed by atoms with van der Waals surface area (Å²) < 4.78 is 19.2. The van der Waals surface area contributed by atoms with Crippen molar-refractivity contribution in [3.63, 3.8) is 0 Å². The topological polar surface area (TPSA) is 58.6 Å². The number of amides is 2. The average molecular weight is 455 g/mol. The van der Waals surface area contributed by atoms with Crippen molar-refractivity contribution in [3.05, 3.63) is 63.9 Å². The van der Waals surface area contributed by atoms with Gasteiger partial charge in [-0.05, 0) is 52.0 Å². The van der Waals surface area contributed by atoms with Crippen molar-refractivity contribution in [1.29, 1.82) is 0 Å². The van der Waals surface area contributed by atoms with Crippen LogP contribution in [0.1, 0.15) is 33.3 Å². The summed E-state index contributed by atoms with van der Waals surface area (Å²) in [5.41, 5.74) is 0.0293. The van der Waals surface area contributed by atoms with Gasteiger partial charge in [0.2, 0.25) is 5.91 Å². The zero-order chi connectivity index (χ0) is 22.5. The van der Waals surface area contributed by atoms with E-state index in [1.165, 1.54) is 23.1 Å². The van der Waals surface area contributed by atoms with Gasteiger partial charge >= 0.3 is 0 Å². The molecule has 0 heterocycles. The standard InChI is InChI=1S/C22H25Cl2FN2O3/c1-14(21(29)26-22(2,3)4)27(12-15-16(23)8-7-9-17(15)24)20(28)13-30-19-11-6-5-10-18(19)25/h5-11,14H,12-13H2,1-4H3,(H,26,29)/t14-/m1/s1. The molecular weight excluding hydrogens is 430 g/mol. The molecule has 2 aromatic carbocycles. The van der Waals surface area contributed by atoms with Crippen LogP contribution in [0.5, 0.6) is 5.75 Å². The summed E-state index contributed by atoms with van der Waals surface area (Å²) in [6.07, 6.45) is 0. The number of halogens is 3. The molecule has 0 fully saturated rings. The van der Waals surface area contributed by atoms with Gasteiger partial charge < -0.3 is 15.0 Å². The van der Waals surface area contributed by atoms with Crippen molar-refractivity contribution in [3.8, 4) is 5.75 Å². The summed E-state index contributed by atoms with van der Waals surface area (Å²) in [5.74, 6) is -1.48. The van der Waals surface area contributed by atoms with Gasteiger partial charge in [-0.15, -0.1) is 0 Å². The maximum absolute atomic E-state index is 13.8. The third kappa shape index (κ3) is 6.61. The lowest BCUT2D eigenvalue weighted by Gasteiger charge is -2.31. The van der Waals surface area contributed by atoms with Gasteiger partial charge in [0, 0.05) is 27.7 Å². The quantitative estimate of drug-likeness (QED) is 0.650. The number of nitrogens with zero attached hydrogens (tertiary/aromatic N) is 1. The predicted molar refractivity (Wildman–Crippen MR) is 116 cm³/mol. The molecule has 5 nitrogen and oxygen atoms in total. The molecule has 0 saturated carbocycles. The van der Waals surface area contributed by atoms with Crippen molar-refractivity contribution in [2.45, 2.75) is 45.8 Å². The molecular formula is C22H25Cl2FN2O3. The zero-order valence-electron chi connectivity index (χ0n) is 17.3.